The van der Waals surface area contributed by atoms with Crippen LogP contribution in [0.4, 0.5) is 0 Å². The van der Waals surface area contributed by atoms with Gasteiger partial charge in [0.05, 0.1) is 17.2 Å². The summed E-state index contributed by atoms with van der Waals surface area (Å²) in [6.07, 6.45) is 5.32. The van der Waals surface area contributed by atoms with Crippen molar-refractivity contribution in [3.05, 3.63) is 46.4 Å². The Morgan fingerprint density at radius 3 is 3.12 bits per heavy atom. The third kappa shape index (κ3) is 2.89. The number of carbonyl (C=O) groups excluding carboxylic acids is 1. The van der Waals surface area contributed by atoms with Crippen LogP contribution in [0, 0.1) is 0 Å². The fourth-order valence-corrected chi connectivity index (χ4v) is 3.79. The molecule has 0 unspecified atom stereocenters. The van der Waals surface area contributed by atoms with Gasteiger partial charge < -0.3 is 14.4 Å². The first-order valence-corrected chi connectivity index (χ1v) is 9.02. The smallest absolute Gasteiger partial charge is 0.247 e. The zero-order chi connectivity index (χ0) is 16.4. The molecule has 24 heavy (non-hydrogen) atoms. The molecule has 1 fully saturated rings. The van der Waals surface area contributed by atoms with Crippen LogP contribution in [-0.4, -0.2) is 35.5 Å². The van der Waals surface area contributed by atoms with E-state index in [1.807, 2.05) is 28.5 Å². The highest BCUT2D eigenvalue weighted by Gasteiger charge is 2.32. The molecule has 2 aliphatic heterocycles. The van der Waals surface area contributed by atoms with Gasteiger partial charge >= 0.3 is 0 Å². The van der Waals surface area contributed by atoms with Crippen molar-refractivity contribution in [2.75, 3.05) is 19.8 Å². The molecule has 1 saturated heterocycles. The predicted molar refractivity (Wildman–Crippen MR) is 92.3 cm³/mol. The Bertz CT molecular complexity index is 758. The number of para-hydroxylation sites is 1. The average Bonchev–Trinajstić information content (AvgIpc) is 3.31. The summed E-state index contributed by atoms with van der Waals surface area (Å²) in [5.41, 5.74) is 3.62. The van der Waals surface area contributed by atoms with Gasteiger partial charge in [-0.2, -0.15) is 0 Å². The average molecular weight is 342 g/mol. The van der Waals surface area contributed by atoms with Gasteiger partial charge in [0.1, 0.15) is 13.2 Å². The van der Waals surface area contributed by atoms with E-state index in [2.05, 4.69) is 4.98 Å². The number of hydrogen-bond acceptors (Lipinski definition) is 5. The second-order valence-electron chi connectivity index (χ2n) is 5.81. The molecule has 1 amide bonds. The van der Waals surface area contributed by atoms with Crippen LogP contribution >= 0.6 is 11.3 Å². The second kappa shape index (κ2) is 6.65. The van der Waals surface area contributed by atoms with Gasteiger partial charge in [-0.15, -0.1) is 11.3 Å². The summed E-state index contributed by atoms with van der Waals surface area (Å²) >= 11 is 1.52. The number of benzene rings is 1. The third-order valence-corrected chi connectivity index (χ3v) is 4.94. The highest BCUT2D eigenvalue weighted by molar-refractivity contribution is 7.07. The van der Waals surface area contributed by atoms with Crippen molar-refractivity contribution in [1.82, 2.24) is 9.88 Å². The van der Waals surface area contributed by atoms with Gasteiger partial charge in [0.25, 0.3) is 0 Å². The largest absolute Gasteiger partial charge is 0.486 e. The van der Waals surface area contributed by atoms with Crippen molar-refractivity contribution in [1.29, 1.82) is 0 Å². The molecule has 2 aliphatic rings. The quantitative estimate of drug-likeness (QED) is 0.803. The summed E-state index contributed by atoms with van der Waals surface area (Å²) in [5.74, 6) is 1.58. The standard InChI is InChI=1S/C18H18N2O3S/c21-17(7-6-13-11-24-12-19-13)20-8-2-4-15(20)14-3-1-5-16-18(14)23-10-9-22-16/h1,3,5-7,11-12,15H,2,4,8-10H2/b7-6-/t15-/m0/s1. The monoisotopic (exact) mass is 342 g/mol. The summed E-state index contributed by atoms with van der Waals surface area (Å²) in [5, 5.41) is 1.92. The molecular formula is C18H18N2O3S. The zero-order valence-electron chi connectivity index (χ0n) is 13.2. The zero-order valence-corrected chi connectivity index (χ0v) is 14.0. The van der Waals surface area contributed by atoms with Crippen molar-refractivity contribution < 1.29 is 14.3 Å². The van der Waals surface area contributed by atoms with Gasteiger partial charge in [0, 0.05) is 23.6 Å². The normalized spacial score (nSPS) is 19.8. The number of rotatable bonds is 3. The lowest BCUT2D eigenvalue weighted by molar-refractivity contribution is -0.126. The number of nitrogens with zero attached hydrogens (tertiary/aromatic N) is 2. The first kappa shape index (κ1) is 15.2. The topological polar surface area (TPSA) is 51.7 Å². The van der Waals surface area contributed by atoms with E-state index in [1.54, 1.807) is 17.7 Å². The van der Waals surface area contributed by atoms with E-state index in [1.165, 1.54) is 11.3 Å². The number of carbonyl (C=O) groups is 1. The number of ether oxygens (including phenoxy) is 2. The Morgan fingerprint density at radius 2 is 2.25 bits per heavy atom. The molecule has 0 aliphatic carbocycles. The first-order valence-electron chi connectivity index (χ1n) is 8.08. The lowest BCUT2D eigenvalue weighted by atomic mass is 10.0. The van der Waals surface area contributed by atoms with Gasteiger partial charge in [0.2, 0.25) is 5.91 Å². The van der Waals surface area contributed by atoms with Gasteiger partial charge in [-0.25, -0.2) is 4.98 Å². The summed E-state index contributed by atoms with van der Waals surface area (Å²) in [6.45, 7) is 1.88. The van der Waals surface area contributed by atoms with Crippen LogP contribution in [0.2, 0.25) is 0 Å². The van der Waals surface area contributed by atoms with E-state index in [0.717, 1.165) is 42.1 Å². The Hall–Kier alpha value is -2.34. The maximum Gasteiger partial charge on any atom is 0.247 e. The van der Waals surface area contributed by atoms with Crippen LogP contribution in [0.25, 0.3) is 6.08 Å². The molecule has 0 radical (unpaired) electrons. The van der Waals surface area contributed by atoms with Gasteiger partial charge in [0.15, 0.2) is 11.5 Å². The molecule has 0 N–H and O–H groups in total. The summed E-state index contributed by atoms with van der Waals surface area (Å²) < 4.78 is 11.5. The molecule has 0 bridgehead atoms. The fraction of sp³-hybridized carbons (Fsp3) is 0.333. The van der Waals surface area contributed by atoms with Crippen molar-refractivity contribution >= 4 is 23.3 Å². The minimum atomic E-state index is 0.0137. The van der Waals surface area contributed by atoms with Crippen molar-refractivity contribution in [2.45, 2.75) is 18.9 Å². The molecule has 6 heteroatoms. The van der Waals surface area contributed by atoms with Gasteiger partial charge in [-0.05, 0) is 25.0 Å². The Labute approximate surface area is 144 Å². The van der Waals surface area contributed by atoms with Crippen molar-refractivity contribution in [2.24, 2.45) is 0 Å². The maximum absolute atomic E-state index is 12.6. The number of amides is 1. The lowest BCUT2D eigenvalue weighted by Gasteiger charge is -2.28. The molecule has 1 atom stereocenters. The molecule has 124 valence electrons. The molecule has 2 aromatic rings. The molecule has 0 saturated carbocycles. The Balaban J connectivity index is 1.58. The number of hydrogen-bond donors (Lipinski definition) is 0. The summed E-state index contributed by atoms with van der Waals surface area (Å²) in [6, 6.07) is 5.96. The van der Waals surface area contributed by atoms with Crippen LogP contribution in [0.15, 0.2) is 35.2 Å². The highest BCUT2D eigenvalue weighted by Crippen LogP contribution is 2.42. The Morgan fingerprint density at radius 1 is 1.33 bits per heavy atom. The van der Waals surface area contributed by atoms with Gasteiger partial charge in [-0.1, -0.05) is 12.1 Å². The second-order valence-corrected chi connectivity index (χ2v) is 6.53. The number of thiazole rings is 1. The Kier molecular flexibility index (Phi) is 4.21. The van der Waals surface area contributed by atoms with Crippen LogP contribution in [0.3, 0.4) is 0 Å². The fourth-order valence-electron chi connectivity index (χ4n) is 3.27. The van der Waals surface area contributed by atoms with E-state index in [9.17, 15) is 4.79 Å². The maximum atomic E-state index is 12.6. The van der Waals surface area contributed by atoms with Crippen LogP contribution in [0.1, 0.15) is 30.1 Å². The predicted octanol–water partition coefficient (Wildman–Crippen LogP) is 3.29. The minimum absolute atomic E-state index is 0.0137. The first-order chi connectivity index (χ1) is 11.8. The molecule has 3 heterocycles. The SMILES string of the molecule is O=C(/C=C\c1cscn1)N1CCC[C@H]1c1cccc2c1OCCO2. The summed E-state index contributed by atoms with van der Waals surface area (Å²) in [7, 11) is 0. The van der Waals surface area contributed by atoms with E-state index >= 15 is 0 Å². The third-order valence-electron chi connectivity index (χ3n) is 4.34. The van der Waals surface area contributed by atoms with Crippen LogP contribution < -0.4 is 9.47 Å². The van der Waals surface area contributed by atoms with Crippen molar-refractivity contribution in [3.63, 3.8) is 0 Å². The van der Waals surface area contributed by atoms with Crippen LogP contribution in [-0.2, 0) is 4.79 Å². The molecule has 0 spiro atoms. The van der Waals surface area contributed by atoms with E-state index in [-0.39, 0.29) is 11.9 Å². The molecule has 5 nitrogen and oxygen atoms in total. The van der Waals surface area contributed by atoms with E-state index < -0.39 is 0 Å². The van der Waals surface area contributed by atoms with E-state index in [0.29, 0.717) is 13.2 Å². The highest BCUT2D eigenvalue weighted by atomic mass is 32.1. The molecular weight excluding hydrogens is 324 g/mol. The van der Waals surface area contributed by atoms with Crippen LogP contribution in [0.5, 0.6) is 11.5 Å². The van der Waals surface area contributed by atoms with Crippen molar-refractivity contribution in [3.8, 4) is 11.5 Å². The number of aromatic nitrogens is 1. The number of fused-ring (bicyclic) bond motifs is 1. The molecule has 1 aromatic carbocycles. The molecule has 4 rings (SSSR count). The number of likely N-dealkylation sites (tertiary alicyclic amines) is 1. The van der Waals surface area contributed by atoms with Gasteiger partial charge in [-0.3, -0.25) is 4.79 Å². The molecule has 1 aromatic heterocycles. The van der Waals surface area contributed by atoms with E-state index in [4.69, 9.17) is 9.47 Å². The minimum Gasteiger partial charge on any atom is -0.486 e. The summed E-state index contributed by atoms with van der Waals surface area (Å²) in [4.78, 5) is 18.7. The lowest BCUT2D eigenvalue weighted by Crippen LogP contribution is -2.29.